The minimum Gasteiger partial charge on any atom is -0.444 e. The van der Waals surface area contributed by atoms with Gasteiger partial charge in [0, 0.05) is 32.3 Å². The fraction of sp³-hybridized carbons (Fsp3) is 0.579. The van der Waals surface area contributed by atoms with Crippen LogP contribution < -0.4 is 4.90 Å². The van der Waals surface area contributed by atoms with Crippen LogP contribution in [0.25, 0.3) is 10.2 Å². The maximum Gasteiger partial charge on any atom is 0.410 e. The van der Waals surface area contributed by atoms with E-state index in [0.717, 1.165) is 29.1 Å². The molecule has 1 atom stereocenters. The molecular formula is C19H26N4O4S. The molecule has 1 fully saturated rings. The number of aromatic nitrogens is 1. The van der Waals surface area contributed by atoms with E-state index in [1.807, 2.05) is 37.6 Å². The molecular weight excluding hydrogens is 380 g/mol. The van der Waals surface area contributed by atoms with Gasteiger partial charge in [-0.1, -0.05) is 11.3 Å². The summed E-state index contributed by atoms with van der Waals surface area (Å²) in [4.78, 5) is 31.5. The molecule has 1 aromatic heterocycles. The highest BCUT2D eigenvalue weighted by molar-refractivity contribution is 7.22. The zero-order chi connectivity index (χ0) is 20.5. The van der Waals surface area contributed by atoms with Crippen molar-refractivity contribution in [1.82, 2.24) is 9.88 Å². The number of non-ortho nitro benzene ring substituents is 1. The molecule has 1 unspecified atom stereocenters. The molecule has 3 rings (SSSR count). The number of anilines is 1. The zero-order valence-corrected chi connectivity index (χ0v) is 17.5. The number of ether oxygens (including phenoxy) is 1. The molecule has 9 heteroatoms. The molecule has 2 heterocycles. The fourth-order valence-electron chi connectivity index (χ4n) is 3.33. The number of nitro benzene ring substituents is 1. The van der Waals surface area contributed by atoms with Crippen molar-refractivity contribution >= 4 is 38.5 Å². The van der Waals surface area contributed by atoms with Crippen molar-refractivity contribution in [3.63, 3.8) is 0 Å². The van der Waals surface area contributed by atoms with Gasteiger partial charge in [-0.15, -0.1) is 0 Å². The minimum atomic E-state index is -0.521. The van der Waals surface area contributed by atoms with Gasteiger partial charge in [-0.3, -0.25) is 10.1 Å². The number of likely N-dealkylation sites (N-methyl/N-ethyl adjacent to an activating group) is 1. The van der Waals surface area contributed by atoms with Crippen molar-refractivity contribution < 1.29 is 14.5 Å². The van der Waals surface area contributed by atoms with Crippen molar-refractivity contribution in [3.05, 3.63) is 28.3 Å². The summed E-state index contributed by atoms with van der Waals surface area (Å²) in [5.74, 6) is 0. The Morgan fingerprint density at radius 3 is 2.86 bits per heavy atom. The van der Waals surface area contributed by atoms with Crippen LogP contribution in [0.4, 0.5) is 15.6 Å². The number of rotatable bonds is 4. The van der Waals surface area contributed by atoms with E-state index in [-0.39, 0.29) is 17.8 Å². The zero-order valence-electron chi connectivity index (χ0n) is 16.7. The molecule has 0 spiro atoms. The number of carbonyl (C=O) groups excluding carboxylic acids is 1. The summed E-state index contributed by atoms with van der Waals surface area (Å²) in [6, 6.07) is 4.78. The predicted octanol–water partition coefficient (Wildman–Crippen LogP) is 4.43. The molecule has 0 bridgehead atoms. The van der Waals surface area contributed by atoms with Crippen LogP contribution in [0.3, 0.4) is 0 Å². The van der Waals surface area contributed by atoms with Gasteiger partial charge in [0.2, 0.25) is 0 Å². The van der Waals surface area contributed by atoms with Crippen molar-refractivity contribution in [1.29, 1.82) is 0 Å². The molecule has 0 radical (unpaired) electrons. The molecule has 1 saturated heterocycles. The second kappa shape index (κ2) is 7.90. The van der Waals surface area contributed by atoms with Gasteiger partial charge < -0.3 is 14.5 Å². The summed E-state index contributed by atoms with van der Waals surface area (Å²) in [6.07, 6.45) is 2.69. The number of carbonyl (C=O) groups is 1. The van der Waals surface area contributed by atoms with E-state index in [9.17, 15) is 14.9 Å². The first-order valence-electron chi connectivity index (χ1n) is 9.40. The monoisotopic (exact) mass is 406 g/mol. The van der Waals surface area contributed by atoms with E-state index in [1.165, 1.54) is 23.5 Å². The molecule has 2 aromatic rings. The highest BCUT2D eigenvalue weighted by Crippen LogP contribution is 2.31. The summed E-state index contributed by atoms with van der Waals surface area (Å²) in [7, 11) is 1.94. The maximum atomic E-state index is 12.6. The van der Waals surface area contributed by atoms with Crippen molar-refractivity contribution in [2.45, 2.75) is 51.7 Å². The molecule has 1 aliphatic rings. The van der Waals surface area contributed by atoms with Gasteiger partial charge in [0.15, 0.2) is 5.13 Å². The summed E-state index contributed by atoms with van der Waals surface area (Å²) >= 11 is 1.49. The first kappa shape index (κ1) is 20.3. The van der Waals surface area contributed by atoms with Gasteiger partial charge in [-0.05, 0) is 46.1 Å². The van der Waals surface area contributed by atoms with E-state index in [1.54, 1.807) is 6.07 Å². The van der Waals surface area contributed by atoms with Crippen molar-refractivity contribution in [2.24, 2.45) is 0 Å². The van der Waals surface area contributed by atoms with Gasteiger partial charge in [0.05, 0.1) is 21.2 Å². The summed E-state index contributed by atoms with van der Waals surface area (Å²) in [5, 5.41) is 11.8. The van der Waals surface area contributed by atoms with Crippen LogP contribution in [-0.2, 0) is 4.74 Å². The molecule has 8 nitrogen and oxygen atoms in total. The van der Waals surface area contributed by atoms with Crippen LogP contribution in [0, 0.1) is 10.1 Å². The van der Waals surface area contributed by atoms with E-state index in [4.69, 9.17) is 4.74 Å². The average Bonchev–Trinajstić information content (AvgIpc) is 3.04. The van der Waals surface area contributed by atoms with Crippen LogP contribution in [0.5, 0.6) is 0 Å². The van der Waals surface area contributed by atoms with Gasteiger partial charge in [0.1, 0.15) is 5.60 Å². The Labute approximate surface area is 168 Å². The highest BCUT2D eigenvalue weighted by Gasteiger charge is 2.31. The molecule has 1 aliphatic heterocycles. The Morgan fingerprint density at radius 1 is 1.43 bits per heavy atom. The number of fused-ring (bicyclic) bond motifs is 1. The van der Waals surface area contributed by atoms with Gasteiger partial charge in [-0.2, -0.15) is 0 Å². The number of amides is 1. The fourth-order valence-corrected chi connectivity index (χ4v) is 4.24. The largest absolute Gasteiger partial charge is 0.444 e. The Hall–Kier alpha value is -2.42. The van der Waals surface area contributed by atoms with E-state index >= 15 is 0 Å². The van der Waals surface area contributed by atoms with Crippen LogP contribution in [0.2, 0.25) is 0 Å². The van der Waals surface area contributed by atoms with E-state index in [2.05, 4.69) is 4.98 Å². The SMILES string of the molecule is CN(CC1CCCCN1C(=O)OC(C)(C)C)c1nc2cc([N+](=O)[O-])ccc2s1. The van der Waals surface area contributed by atoms with Crippen LogP contribution >= 0.6 is 11.3 Å². The van der Waals surface area contributed by atoms with Crippen molar-refractivity contribution in [3.8, 4) is 0 Å². The lowest BCUT2D eigenvalue weighted by molar-refractivity contribution is -0.384. The van der Waals surface area contributed by atoms with E-state index in [0.29, 0.717) is 18.6 Å². The highest BCUT2D eigenvalue weighted by atomic mass is 32.1. The van der Waals surface area contributed by atoms with Crippen LogP contribution in [-0.4, -0.2) is 52.7 Å². The Kier molecular flexibility index (Phi) is 5.74. The molecule has 1 amide bonds. The average molecular weight is 407 g/mol. The third-order valence-electron chi connectivity index (χ3n) is 4.64. The Bertz CT molecular complexity index is 876. The topological polar surface area (TPSA) is 88.8 Å². The normalized spacial score (nSPS) is 17.6. The van der Waals surface area contributed by atoms with Crippen LogP contribution in [0.15, 0.2) is 18.2 Å². The summed E-state index contributed by atoms with van der Waals surface area (Å²) < 4.78 is 6.47. The lowest BCUT2D eigenvalue weighted by Crippen LogP contribution is -2.50. The predicted molar refractivity (Wildman–Crippen MR) is 110 cm³/mol. The molecule has 28 heavy (non-hydrogen) atoms. The Balaban J connectivity index is 1.74. The van der Waals surface area contributed by atoms with Crippen molar-refractivity contribution in [2.75, 3.05) is 25.0 Å². The number of piperidine rings is 1. The van der Waals surface area contributed by atoms with E-state index < -0.39 is 10.5 Å². The number of nitrogens with zero attached hydrogens (tertiary/aromatic N) is 4. The second-order valence-corrected chi connectivity index (χ2v) is 9.12. The lowest BCUT2D eigenvalue weighted by atomic mass is 10.0. The number of hydrogen-bond acceptors (Lipinski definition) is 7. The second-order valence-electron chi connectivity index (χ2n) is 8.11. The Morgan fingerprint density at radius 2 is 2.18 bits per heavy atom. The van der Waals surface area contributed by atoms with Gasteiger partial charge in [-0.25, -0.2) is 9.78 Å². The quantitative estimate of drug-likeness (QED) is 0.551. The third kappa shape index (κ3) is 4.70. The number of likely N-dealkylation sites (tertiary alicyclic amines) is 1. The molecule has 0 aliphatic carbocycles. The smallest absolute Gasteiger partial charge is 0.410 e. The first-order chi connectivity index (χ1) is 13.1. The maximum absolute atomic E-state index is 12.6. The minimum absolute atomic E-state index is 0.0374. The standard InChI is InChI=1S/C19H26N4O4S/c1-19(2,3)27-18(24)22-10-6-5-7-14(22)12-21(4)17-20-15-11-13(23(25)26)8-9-16(15)28-17/h8-9,11,14H,5-7,10,12H2,1-4H3. The number of nitro groups is 1. The van der Waals surface area contributed by atoms with Gasteiger partial charge >= 0.3 is 6.09 Å². The molecule has 0 saturated carbocycles. The number of benzene rings is 1. The first-order valence-corrected chi connectivity index (χ1v) is 10.2. The summed E-state index contributed by atoms with van der Waals surface area (Å²) in [6.45, 7) is 6.95. The van der Waals surface area contributed by atoms with Gasteiger partial charge in [0.25, 0.3) is 5.69 Å². The number of hydrogen-bond donors (Lipinski definition) is 0. The number of thiazole rings is 1. The van der Waals surface area contributed by atoms with Crippen LogP contribution in [0.1, 0.15) is 40.0 Å². The summed E-state index contributed by atoms with van der Waals surface area (Å²) in [5.41, 5.74) is 0.135. The molecule has 1 aromatic carbocycles. The molecule has 152 valence electrons. The molecule has 0 N–H and O–H groups in total. The lowest BCUT2D eigenvalue weighted by Gasteiger charge is -2.38. The third-order valence-corrected chi connectivity index (χ3v) is 5.79.